The van der Waals surface area contributed by atoms with E-state index in [-0.39, 0.29) is 5.04 Å². The van der Waals surface area contributed by atoms with E-state index in [9.17, 15) is 0 Å². The van der Waals surface area contributed by atoms with Crippen LogP contribution in [0, 0.1) is 6.92 Å². The fourth-order valence-corrected chi connectivity index (χ4v) is 2.96. The van der Waals surface area contributed by atoms with E-state index >= 15 is 0 Å². The van der Waals surface area contributed by atoms with Gasteiger partial charge >= 0.3 is 0 Å². The number of hydrogen-bond acceptors (Lipinski definition) is 1. The molecule has 19 heavy (non-hydrogen) atoms. The zero-order valence-corrected chi connectivity index (χ0v) is 13.9. The Labute approximate surface area is 117 Å². The monoisotopic (exact) mass is 272 g/mol. The second kappa shape index (κ2) is 4.68. The Hall–Kier alpha value is -1.28. The topological polar surface area (TPSA) is 9.23 Å². The maximum absolute atomic E-state index is 6.50. The largest absolute Gasteiger partial charge is 0.543 e. The molecule has 0 amide bonds. The van der Waals surface area contributed by atoms with Crippen LogP contribution in [0.3, 0.4) is 0 Å². The van der Waals surface area contributed by atoms with Gasteiger partial charge in [-0.3, -0.25) is 0 Å². The summed E-state index contributed by atoms with van der Waals surface area (Å²) >= 11 is 0. The molecular formula is C17H24OSi. The fourth-order valence-electron chi connectivity index (χ4n) is 1.93. The molecule has 2 aromatic rings. The first-order valence-electron chi connectivity index (χ1n) is 6.89. The van der Waals surface area contributed by atoms with Gasteiger partial charge in [-0.25, -0.2) is 0 Å². The van der Waals surface area contributed by atoms with Crippen LogP contribution in [0.1, 0.15) is 26.3 Å². The van der Waals surface area contributed by atoms with Crippen molar-refractivity contribution in [3.05, 3.63) is 42.0 Å². The van der Waals surface area contributed by atoms with Crippen molar-refractivity contribution in [3.63, 3.8) is 0 Å². The summed E-state index contributed by atoms with van der Waals surface area (Å²) in [5.41, 5.74) is 1.26. The minimum absolute atomic E-state index is 0.220. The highest BCUT2D eigenvalue weighted by molar-refractivity contribution is 6.74. The maximum atomic E-state index is 6.50. The summed E-state index contributed by atoms with van der Waals surface area (Å²) in [6.07, 6.45) is 0. The molecule has 2 heteroatoms. The molecule has 0 atom stereocenters. The van der Waals surface area contributed by atoms with Crippen molar-refractivity contribution in [1.29, 1.82) is 0 Å². The fraction of sp³-hybridized carbons (Fsp3) is 0.412. The lowest BCUT2D eigenvalue weighted by Gasteiger charge is -2.36. The predicted molar refractivity (Wildman–Crippen MR) is 86.5 cm³/mol. The first-order chi connectivity index (χ1) is 8.71. The highest BCUT2D eigenvalue weighted by Gasteiger charge is 2.39. The van der Waals surface area contributed by atoms with Crippen LogP contribution in [0.25, 0.3) is 10.8 Å². The third kappa shape index (κ3) is 2.84. The number of rotatable bonds is 2. The van der Waals surface area contributed by atoms with Gasteiger partial charge in [0.25, 0.3) is 8.32 Å². The molecule has 0 saturated heterocycles. The van der Waals surface area contributed by atoms with Crippen LogP contribution in [-0.4, -0.2) is 8.32 Å². The molecule has 2 aromatic carbocycles. The summed E-state index contributed by atoms with van der Waals surface area (Å²) in [4.78, 5) is 0. The molecule has 0 radical (unpaired) electrons. The summed E-state index contributed by atoms with van der Waals surface area (Å²) in [5, 5.41) is 2.70. The minimum atomic E-state index is -1.79. The van der Waals surface area contributed by atoms with Gasteiger partial charge in [0.2, 0.25) is 0 Å². The van der Waals surface area contributed by atoms with E-state index in [4.69, 9.17) is 4.43 Å². The Kier molecular flexibility index (Phi) is 3.48. The summed E-state index contributed by atoms with van der Waals surface area (Å²) < 4.78 is 6.50. The van der Waals surface area contributed by atoms with Crippen molar-refractivity contribution < 1.29 is 4.43 Å². The van der Waals surface area contributed by atoms with Crippen molar-refractivity contribution in [1.82, 2.24) is 0 Å². The molecule has 102 valence electrons. The van der Waals surface area contributed by atoms with Gasteiger partial charge in [0, 0.05) is 5.39 Å². The van der Waals surface area contributed by atoms with E-state index in [1.807, 2.05) is 0 Å². The molecule has 0 aliphatic carbocycles. The lowest BCUT2D eigenvalue weighted by molar-refractivity contribution is 0.496. The van der Waals surface area contributed by atoms with E-state index < -0.39 is 8.32 Å². The normalized spacial score (nSPS) is 12.7. The number of aryl methyl sites for hydroxylation is 1. The van der Waals surface area contributed by atoms with Crippen LogP contribution in [0.5, 0.6) is 5.75 Å². The first kappa shape index (κ1) is 14.1. The third-order valence-electron chi connectivity index (χ3n) is 4.14. The Morgan fingerprint density at radius 1 is 1.00 bits per heavy atom. The van der Waals surface area contributed by atoms with Gasteiger partial charge in [-0.2, -0.15) is 0 Å². The van der Waals surface area contributed by atoms with E-state index in [0.29, 0.717) is 0 Å². The molecule has 0 aliphatic rings. The minimum Gasteiger partial charge on any atom is -0.543 e. The SMILES string of the molecule is Cc1cc(O[Si](C)(C)C(C)(C)C)c2ccccc2c1. The van der Waals surface area contributed by atoms with E-state index in [1.165, 1.54) is 16.3 Å². The molecule has 0 bridgehead atoms. The molecule has 2 rings (SSSR count). The summed E-state index contributed by atoms with van der Waals surface area (Å²) in [6.45, 7) is 13.5. The van der Waals surface area contributed by atoms with Crippen LogP contribution >= 0.6 is 0 Å². The van der Waals surface area contributed by atoms with Gasteiger partial charge in [-0.05, 0) is 42.1 Å². The van der Waals surface area contributed by atoms with E-state index in [1.54, 1.807) is 0 Å². The summed E-state index contributed by atoms with van der Waals surface area (Å²) in [6, 6.07) is 12.8. The lowest BCUT2D eigenvalue weighted by atomic mass is 10.1. The molecule has 1 nitrogen and oxygen atoms in total. The van der Waals surface area contributed by atoms with Crippen molar-refractivity contribution in [2.24, 2.45) is 0 Å². The highest BCUT2D eigenvalue weighted by atomic mass is 28.4. The molecule has 0 unspecified atom stereocenters. The quantitative estimate of drug-likeness (QED) is 0.653. The number of hydrogen-bond donors (Lipinski definition) is 0. The standard InChI is InChI=1S/C17H24OSi/c1-13-11-14-9-7-8-10-15(14)16(12-13)18-19(5,6)17(2,3)4/h7-12H,1-6H3. The van der Waals surface area contributed by atoms with Crippen LogP contribution < -0.4 is 4.43 Å². The first-order valence-corrected chi connectivity index (χ1v) is 9.80. The Morgan fingerprint density at radius 2 is 1.63 bits per heavy atom. The Morgan fingerprint density at radius 3 is 2.26 bits per heavy atom. The average molecular weight is 272 g/mol. The Bertz CT molecular complexity index is 594. The van der Waals surface area contributed by atoms with Crippen molar-refractivity contribution in [2.75, 3.05) is 0 Å². The predicted octanol–water partition coefficient (Wildman–Crippen LogP) is 5.53. The Balaban J connectivity index is 2.52. The van der Waals surface area contributed by atoms with Crippen molar-refractivity contribution >= 4 is 19.1 Å². The van der Waals surface area contributed by atoms with E-state index in [0.717, 1.165) is 5.75 Å². The maximum Gasteiger partial charge on any atom is 0.250 e. The molecule has 0 fully saturated rings. The lowest BCUT2D eigenvalue weighted by Crippen LogP contribution is -2.43. The highest BCUT2D eigenvalue weighted by Crippen LogP contribution is 2.39. The zero-order valence-electron chi connectivity index (χ0n) is 12.9. The van der Waals surface area contributed by atoms with Crippen LogP contribution in [0.4, 0.5) is 0 Å². The summed E-state index contributed by atoms with van der Waals surface area (Å²) in [5.74, 6) is 1.04. The van der Waals surface area contributed by atoms with Crippen molar-refractivity contribution in [2.45, 2.75) is 45.8 Å². The molecular weight excluding hydrogens is 248 g/mol. The van der Waals surface area contributed by atoms with Crippen LogP contribution in [0.15, 0.2) is 36.4 Å². The number of fused-ring (bicyclic) bond motifs is 1. The van der Waals surface area contributed by atoms with E-state index in [2.05, 4.69) is 77.2 Å². The molecule has 0 aliphatic heterocycles. The smallest absolute Gasteiger partial charge is 0.250 e. The van der Waals surface area contributed by atoms with Crippen molar-refractivity contribution in [3.8, 4) is 5.75 Å². The molecule has 0 aromatic heterocycles. The third-order valence-corrected chi connectivity index (χ3v) is 8.48. The molecule has 0 heterocycles. The van der Waals surface area contributed by atoms with Gasteiger partial charge in [0.1, 0.15) is 5.75 Å². The zero-order chi connectivity index (χ0) is 14.3. The van der Waals surface area contributed by atoms with Gasteiger partial charge in [-0.1, -0.05) is 51.1 Å². The number of benzene rings is 2. The van der Waals surface area contributed by atoms with Gasteiger partial charge in [0.15, 0.2) is 0 Å². The molecule has 0 saturated carbocycles. The average Bonchev–Trinajstić information content (AvgIpc) is 2.26. The van der Waals surface area contributed by atoms with Crippen LogP contribution in [0.2, 0.25) is 18.1 Å². The van der Waals surface area contributed by atoms with Gasteiger partial charge in [0.05, 0.1) is 0 Å². The molecule has 0 spiro atoms. The second-order valence-corrected chi connectivity index (χ2v) is 11.6. The van der Waals surface area contributed by atoms with Crippen LogP contribution in [-0.2, 0) is 0 Å². The molecule has 0 N–H and O–H groups in total. The van der Waals surface area contributed by atoms with Gasteiger partial charge in [-0.15, -0.1) is 0 Å². The second-order valence-electron chi connectivity index (χ2n) is 6.85. The van der Waals surface area contributed by atoms with Gasteiger partial charge < -0.3 is 4.43 Å². The summed E-state index contributed by atoms with van der Waals surface area (Å²) in [7, 11) is -1.79.